The minimum Gasteiger partial charge on any atom is -0.378 e. The van der Waals surface area contributed by atoms with Gasteiger partial charge in [0.15, 0.2) is 0 Å². The summed E-state index contributed by atoms with van der Waals surface area (Å²) < 4.78 is 5.71. The smallest absolute Gasteiger partial charge is 0.0590 e. The largest absolute Gasteiger partial charge is 0.378 e. The predicted molar refractivity (Wildman–Crippen MR) is 67.6 cm³/mol. The number of hydrogen-bond donors (Lipinski definition) is 2. The van der Waals surface area contributed by atoms with Crippen LogP contribution in [0.4, 0.5) is 0 Å². The van der Waals surface area contributed by atoms with Crippen LogP contribution in [-0.2, 0) is 4.74 Å². The van der Waals surface area contributed by atoms with Crippen molar-refractivity contribution in [2.45, 2.75) is 37.8 Å². The highest BCUT2D eigenvalue weighted by molar-refractivity contribution is 4.94. The van der Waals surface area contributed by atoms with E-state index in [0.717, 1.165) is 39.0 Å². The van der Waals surface area contributed by atoms with Gasteiger partial charge in [-0.1, -0.05) is 6.92 Å². The maximum absolute atomic E-state index is 5.94. The van der Waals surface area contributed by atoms with Crippen molar-refractivity contribution >= 4 is 0 Å². The van der Waals surface area contributed by atoms with E-state index in [1.165, 1.54) is 0 Å². The molecular formula is C12H27N3O. The standard InChI is InChI=1S/C12H27N3O/c1-4-11-9-12(10-13,5-8-16-11)14-6-7-15(2)3/h11,14H,4-10,13H2,1-3H3. The van der Waals surface area contributed by atoms with E-state index in [1.807, 2.05) is 0 Å². The molecule has 0 radical (unpaired) electrons. The second-order valence-corrected chi connectivity index (χ2v) is 5.07. The maximum atomic E-state index is 5.94. The third-order valence-corrected chi connectivity index (χ3v) is 3.46. The van der Waals surface area contributed by atoms with Crippen molar-refractivity contribution in [3.8, 4) is 0 Å². The summed E-state index contributed by atoms with van der Waals surface area (Å²) in [4.78, 5) is 2.19. The summed E-state index contributed by atoms with van der Waals surface area (Å²) in [6.45, 7) is 5.78. The first-order valence-electron chi connectivity index (χ1n) is 6.33. The van der Waals surface area contributed by atoms with Crippen LogP contribution in [0.1, 0.15) is 26.2 Å². The Labute approximate surface area is 99.5 Å². The average Bonchev–Trinajstić information content (AvgIpc) is 2.29. The molecule has 2 atom stereocenters. The molecule has 0 aromatic heterocycles. The minimum atomic E-state index is 0.106. The number of nitrogens with two attached hydrogens (primary N) is 1. The lowest BCUT2D eigenvalue weighted by Crippen LogP contribution is -2.57. The summed E-state index contributed by atoms with van der Waals surface area (Å²) in [5.74, 6) is 0. The van der Waals surface area contributed by atoms with Crippen LogP contribution >= 0.6 is 0 Å². The molecule has 0 spiro atoms. The highest BCUT2D eigenvalue weighted by Crippen LogP contribution is 2.25. The number of rotatable bonds is 6. The van der Waals surface area contributed by atoms with E-state index in [4.69, 9.17) is 10.5 Å². The zero-order valence-electron chi connectivity index (χ0n) is 11.0. The summed E-state index contributed by atoms with van der Waals surface area (Å²) in [5, 5.41) is 3.63. The summed E-state index contributed by atoms with van der Waals surface area (Å²) in [6, 6.07) is 0. The number of hydrogen-bond acceptors (Lipinski definition) is 4. The predicted octanol–water partition coefficient (Wildman–Crippen LogP) is 0.424. The molecule has 2 unspecified atom stereocenters. The molecule has 1 rings (SSSR count). The lowest BCUT2D eigenvalue weighted by molar-refractivity contribution is -0.0281. The Balaban J connectivity index is 2.42. The molecule has 4 heteroatoms. The summed E-state index contributed by atoms with van der Waals surface area (Å²) in [6.07, 6.45) is 3.54. The van der Waals surface area contributed by atoms with E-state index in [9.17, 15) is 0 Å². The van der Waals surface area contributed by atoms with Crippen molar-refractivity contribution in [1.29, 1.82) is 0 Å². The van der Waals surface area contributed by atoms with Crippen LogP contribution in [-0.4, -0.2) is 56.9 Å². The van der Waals surface area contributed by atoms with Gasteiger partial charge in [0.05, 0.1) is 6.10 Å². The van der Waals surface area contributed by atoms with Crippen molar-refractivity contribution in [3.05, 3.63) is 0 Å². The second kappa shape index (κ2) is 6.55. The van der Waals surface area contributed by atoms with E-state index in [-0.39, 0.29) is 5.54 Å². The molecule has 0 saturated carbocycles. The van der Waals surface area contributed by atoms with Crippen LogP contribution in [0.15, 0.2) is 0 Å². The fraction of sp³-hybridized carbons (Fsp3) is 1.00. The topological polar surface area (TPSA) is 50.5 Å². The first-order valence-corrected chi connectivity index (χ1v) is 6.33. The molecule has 0 aromatic rings. The van der Waals surface area contributed by atoms with Gasteiger partial charge in [-0.15, -0.1) is 0 Å². The first-order chi connectivity index (χ1) is 7.62. The molecule has 1 aliphatic rings. The molecule has 1 fully saturated rings. The highest BCUT2D eigenvalue weighted by Gasteiger charge is 2.34. The Hall–Kier alpha value is -0.160. The third kappa shape index (κ3) is 4.01. The Kier molecular flexibility index (Phi) is 5.69. The van der Waals surface area contributed by atoms with Crippen LogP contribution in [0.5, 0.6) is 0 Å². The quantitative estimate of drug-likeness (QED) is 0.693. The SMILES string of the molecule is CCC1CC(CN)(NCCN(C)C)CCO1. The Morgan fingerprint density at radius 1 is 1.50 bits per heavy atom. The van der Waals surface area contributed by atoms with Gasteiger partial charge in [0.1, 0.15) is 0 Å². The molecule has 16 heavy (non-hydrogen) atoms. The molecule has 0 amide bonds. The summed E-state index contributed by atoms with van der Waals surface area (Å²) in [5.41, 5.74) is 6.05. The van der Waals surface area contributed by atoms with Gasteiger partial charge in [0, 0.05) is 31.8 Å². The number of likely N-dealkylation sites (N-methyl/N-ethyl adjacent to an activating group) is 1. The van der Waals surface area contributed by atoms with Gasteiger partial charge in [-0.2, -0.15) is 0 Å². The number of ether oxygens (including phenoxy) is 1. The third-order valence-electron chi connectivity index (χ3n) is 3.46. The zero-order chi connectivity index (χ0) is 12.0. The molecule has 96 valence electrons. The van der Waals surface area contributed by atoms with Crippen LogP contribution in [0, 0.1) is 0 Å². The Bertz CT molecular complexity index is 199. The Morgan fingerprint density at radius 3 is 2.81 bits per heavy atom. The number of nitrogens with one attached hydrogen (secondary N) is 1. The summed E-state index contributed by atoms with van der Waals surface area (Å²) in [7, 11) is 4.19. The molecule has 0 aliphatic carbocycles. The molecule has 3 N–H and O–H groups in total. The van der Waals surface area contributed by atoms with Gasteiger partial charge >= 0.3 is 0 Å². The molecular weight excluding hydrogens is 202 g/mol. The van der Waals surface area contributed by atoms with E-state index < -0.39 is 0 Å². The van der Waals surface area contributed by atoms with Crippen molar-refractivity contribution < 1.29 is 4.74 Å². The Morgan fingerprint density at radius 2 is 2.25 bits per heavy atom. The van der Waals surface area contributed by atoms with Gasteiger partial charge in [0.2, 0.25) is 0 Å². The first kappa shape index (κ1) is 13.9. The number of nitrogens with zero attached hydrogens (tertiary/aromatic N) is 1. The van der Waals surface area contributed by atoms with Crippen molar-refractivity contribution in [2.24, 2.45) is 5.73 Å². The van der Waals surface area contributed by atoms with Crippen molar-refractivity contribution in [2.75, 3.05) is 40.3 Å². The van der Waals surface area contributed by atoms with Crippen molar-refractivity contribution in [1.82, 2.24) is 10.2 Å². The second-order valence-electron chi connectivity index (χ2n) is 5.07. The monoisotopic (exact) mass is 229 g/mol. The van der Waals surface area contributed by atoms with Crippen LogP contribution in [0.25, 0.3) is 0 Å². The highest BCUT2D eigenvalue weighted by atomic mass is 16.5. The average molecular weight is 229 g/mol. The molecule has 0 bridgehead atoms. The van der Waals surface area contributed by atoms with E-state index in [2.05, 4.69) is 31.2 Å². The van der Waals surface area contributed by atoms with Gasteiger partial charge in [0.25, 0.3) is 0 Å². The van der Waals surface area contributed by atoms with Gasteiger partial charge in [-0.05, 0) is 33.4 Å². The van der Waals surface area contributed by atoms with Crippen molar-refractivity contribution in [3.63, 3.8) is 0 Å². The molecule has 1 aliphatic heterocycles. The van der Waals surface area contributed by atoms with Crippen LogP contribution in [0.3, 0.4) is 0 Å². The summed E-state index contributed by atoms with van der Waals surface area (Å²) >= 11 is 0. The molecule has 1 heterocycles. The van der Waals surface area contributed by atoms with Gasteiger partial charge in [-0.3, -0.25) is 0 Å². The normalized spacial score (nSPS) is 30.9. The van der Waals surface area contributed by atoms with Gasteiger partial charge in [-0.25, -0.2) is 0 Å². The molecule has 1 saturated heterocycles. The zero-order valence-corrected chi connectivity index (χ0v) is 11.0. The van der Waals surface area contributed by atoms with Gasteiger partial charge < -0.3 is 20.7 Å². The lowest BCUT2D eigenvalue weighted by Gasteiger charge is -2.41. The van der Waals surface area contributed by atoms with E-state index >= 15 is 0 Å². The maximum Gasteiger partial charge on any atom is 0.0590 e. The fourth-order valence-corrected chi connectivity index (χ4v) is 2.24. The molecule has 4 nitrogen and oxygen atoms in total. The molecule has 0 aromatic carbocycles. The van der Waals surface area contributed by atoms with Crippen LogP contribution < -0.4 is 11.1 Å². The van der Waals surface area contributed by atoms with Crippen LogP contribution in [0.2, 0.25) is 0 Å². The minimum absolute atomic E-state index is 0.106. The van der Waals surface area contributed by atoms with E-state index in [0.29, 0.717) is 12.6 Å². The lowest BCUT2D eigenvalue weighted by atomic mass is 9.86. The van der Waals surface area contributed by atoms with E-state index in [1.54, 1.807) is 0 Å². The fourth-order valence-electron chi connectivity index (χ4n) is 2.24.